The lowest BCUT2D eigenvalue weighted by Crippen LogP contribution is -1.99. The van der Waals surface area contributed by atoms with E-state index in [1.165, 1.54) is 36.8 Å². The first-order chi connectivity index (χ1) is 9.65. The smallest absolute Gasteiger partial charge is 0.175 e. The maximum absolute atomic E-state index is 6.03. The molecule has 1 aromatic heterocycles. The fourth-order valence-electron chi connectivity index (χ4n) is 3.16. The number of nitrogen functional groups attached to an aromatic ring is 1. The number of hydrogen-bond donors (Lipinski definition) is 1. The summed E-state index contributed by atoms with van der Waals surface area (Å²) in [7, 11) is 0. The Labute approximate surface area is 120 Å². The normalized spacial score (nSPS) is 15.9. The number of hydrogen-bond acceptors (Lipinski definition) is 3. The minimum Gasteiger partial charge on any atom is -0.380 e. The molecule has 3 nitrogen and oxygen atoms in total. The average Bonchev–Trinajstić information content (AvgIpc) is 3.04. The van der Waals surface area contributed by atoms with Crippen LogP contribution in [0.25, 0.3) is 11.1 Å². The molecular formula is C17H22N2O. The first-order valence-corrected chi connectivity index (χ1v) is 7.47. The van der Waals surface area contributed by atoms with Gasteiger partial charge < -0.3 is 10.3 Å². The van der Waals surface area contributed by atoms with Gasteiger partial charge in [0.2, 0.25) is 0 Å². The topological polar surface area (TPSA) is 52.0 Å². The second-order valence-electron chi connectivity index (χ2n) is 6.02. The number of aryl methyl sites for hydroxylation is 2. The summed E-state index contributed by atoms with van der Waals surface area (Å²) >= 11 is 0. The van der Waals surface area contributed by atoms with E-state index in [1.807, 2.05) is 0 Å². The summed E-state index contributed by atoms with van der Waals surface area (Å²) in [6.07, 6.45) is 6.24. The number of aromatic nitrogens is 1. The summed E-state index contributed by atoms with van der Waals surface area (Å²) in [6, 6.07) is 6.43. The highest BCUT2D eigenvalue weighted by molar-refractivity contribution is 5.76. The summed E-state index contributed by atoms with van der Waals surface area (Å²) in [6.45, 7) is 4.24. The Balaban J connectivity index is 1.95. The Morgan fingerprint density at radius 2 is 1.95 bits per heavy atom. The van der Waals surface area contributed by atoms with Crippen molar-refractivity contribution in [1.29, 1.82) is 0 Å². The Morgan fingerprint density at radius 1 is 1.20 bits per heavy atom. The lowest BCUT2D eigenvalue weighted by molar-refractivity contribution is 0.362. The van der Waals surface area contributed by atoms with Gasteiger partial charge in [-0.1, -0.05) is 49.0 Å². The third kappa shape index (κ3) is 2.45. The van der Waals surface area contributed by atoms with Crippen LogP contribution in [0.3, 0.4) is 0 Å². The molecule has 2 N–H and O–H groups in total. The number of nitrogens with zero attached hydrogens (tertiary/aromatic N) is 1. The van der Waals surface area contributed by atoms with Gasteiger partial charge in [0.25, 0.3) is 0 Å². The third-order valence-electron chi connectivity index (χ3n) is 4.53. The number of nitrogens with two attached hydrogens (primary N) is 1. The van der Waals surface area contributed by atoms with Crippen LogP contribution < -0.4 is 5.73 Å². The predicted molar refractivity (Wildman–Crippen MR) is 81.5 cm³/mol. The summed E-state index contributed by atoms with van der Waals surface area (Å²) in [5.74, 6) is 2.20. The SMILES string of the molecule is Cc1ccc(-c2c(N)noc2CC2CCCC2)cc1C. The summed E-state index contributed by atoms with van der Waals surface area (Å²) in [5, 5.41) is 3.99. The highest BCUT2D eigenvalue weighted by atomic mass is 16.5. The van der Waals surface area contributed by atoms with E-state index in [2.05, 4.69) is 37.2 Å². The van der Waals surface area contributed by atoms with Gasteiger partial charge in [-0.05, 0) is 36.5 Å². The average molecular weight is 270 g/mol. The van der Waals surface area contributed by atoms with Crippen LogP contribution in [0.2, 0.25) is 0 Å². The third-order valence-corrected chi connectivity index (χ3v) is 4.53. The van der Waals surface area contributed by atoms with Gasteiger partial charge in [-0.15, -0.1) is 0 Å². The van der Waals surface area contributed by atoms with Crippen molar-refractivity contribution in [1.82, 2.24) is 5.16 Å². The quantitative estimate of drug-likeness (QED) is 0.906. The van der Waals surface area contributed by atoms with E-state index in [9.17, 15) is 0 Å². The molecule has 3 rings (SSSR count). The van der Waals surface area contributed by atoms with E-state index in [0.29, 0.717) is 5.82 Å². The number of anilines is 1. The van der Waals surface area contributed by atoms with Crippen molar-refractivity contribution < 1.29 is 4.52 Å². The monoisotopic (exact) mass is 270 g/mol. The van der Waals surface area contributed by atoms with Crippen LogP contribution in [0.5, 0.6) is 0 Å². The maximum Gasteiger partial charge on any atom is 0.175 e. The molecule has 1 saturated carbocycles. The second kappa shape index (κ2) is 5.31. The Hall–Kier alpha value is -1.77. The molecule has 0 radical (unpaired) electrons. The van der Waals surface area contributed by atoms with Crippen LogP contribution in [0.15, 0.2) is 22.7 Å². The molecule has 0 spiro atoms. The largest absolute Gasteiger partial charge is 0.380 e. The van der Waals surface area contributed by atoms with Crippen LogP contribution in [0.1, 0.15) is 42.6 Å². The Bertz CT molecular complexity index is 609. The molecule has 0 unspecified atom stereocenters. The van der Waals surface area contributed by atoms with Gasteiger partial charge in [0.15, 0.2) is 5.82 Å². The zero-order valence-corrected chi connectivity index (χ0v) is 12.3. The molecule has 2 aromatic rings. The Morgan fingerprint density at radius 3 is 2.65 bits per heavy atom. The van der Waals surface area contributed by atoms with E-state index in [4.69, 9.17) is 10.3 Å². The van der Waals surface area contributed by atoms with Crippen LogP contribution >= 0.6 is 0 Å². The van der Waals surface area contributed by atoms with E-state index in [-0.39, 0.29) is 0 Å². The molecule has 0 atom stereocenters. The first-order valence-electron chi connectivity index (χ1n) is 7.47. The maximum atomic E-state index is 6.03. The van der Waals surface area contributed by atoms with Gasteiger partial charge in [0, 0.05) is 6.42 Å². The minimum atomic E-state index is 0.515. The van der Waals surface area contributed by atoms with Gasteiger partial charge in [-0.3, -0.25) is 0 Å². The summed E-state index contributed by atoms with van der Waals surface area (Å²) < 4.78 is 5.51. The molecule has 1 aliphatic rings. The van der Waals surface area contributed by atoms with Crippen LogP contribution in [-0.4, -0.2) is 5.16 Å². The standard InChI is InChI=1S/C17H22N2O/c1-11-7-8-14(9-12(11)2)16-15(20-19-17(16)18)10-13-5-3-4-6-13/h7-9,13H,3-6,10H2,1-2H3,(H2,18,19). The van der Waals surface area contributed by atoms with Gasteiger partial charge in [-0.25, -0.2) is 0 Å². The zero-order valence-electron chi connectivity index (χ0n) is 12.3. The molecule has 0 amide bonds. The highest BCUT2D eigenvalue weighted by Crippen LogP contribution is 2.35. The van der Waals surface area contributed by atoms with Gasteiger partial charge in [-0.2, -0.15) is 0 Å². The van der Waals surface area contributed by atoms with E-state index >= 15 is 0 Å². The minimum absolute atomic E-state index is 0.515. The van der Waals surface area contributed by atoms with E-state index in [0.717, 1.165) is 29.2 Å². The number of benzene rings is 1. The van der Waals surface area contributed by atoms with E-state index in [1.54, 1.807) is 0 Å². The van der Waals surface area contributed by atoms with Crippen LogP contribution in [0, 0.1) is 19.8 Å². The van der Waals surface area contributed by atoms with Crippen molar-refractivity contribution in [2.24, 2.45) is 5.92 Å². The second-order valence-corrected chi connectivity index (χ2v) is 6.02. The van der Waals surface area contributed by atoms with Crippen molar-refractivity contribution in [3.63, 3.8) is 0 Å². The molecule has 0 bridgehead atoms. The van der Waals surface area contributed by atoms with Gasteiger partial charge >= 0.3 is 0 Å². The van der Waals surface area contributed by atoms with Crippen molar-refractivity contribution in [3.05, 3.63) is 35.1 Å². The molecule has 20 heavy (non-hydrogen) atoms. The fourth-order valence-corrected chi connectivity index (χ4v) is 3.16. The summed E-state index contributed by atoms with van der Waals surface area (Å²) in [5.41, 5.74) is 10.7. The predicted octanol–water partition coefficient (Wildman–Crippen LogP) is 4.27. The molecule has 1 heterocycles. The van der Waals surface area contributed by atoms with Crippen LogP contribution in [0.4, 0.5) is 5.82 Å². The first kappa shape index (κ1) is 13.2. The van der Waals surface area contributed by atoms with E-state index < -0.39 is 0 Å². The highest BCUT2D eigenvalue weighted by Gasteiger charge is 2.22. The lowest BCUT2D eigenvalue weighted by atomic mass is 9.95. The van der Waals surface area contributed by atoms with Crippen LogP contribution in [-0.2, 0) is 6.42 Å². The van der Waals surface area contributed by atoms with Gasteiger partial charge in [0.1, 0.15) is 5.76 Å². The molecule has 1 fully saturated rings. The summed E-state index contributed by atoms with van der Waals surface area (Å²) in [4.78, 5) is 0. The molecule has 0 saturated heterocycles. The molecule has 3 heteroatoms. The number of rotatable bonds is 3. The van der Waals surface area contributed by atoms with Crippen molar-refractivity contribution in [3.8, 4) is 11.1 Å². The molecule has 106 valence electrons. The lowest BCUT2D eigenvalue weighted by Gasteiger charge is -2.09. The molecular weight excluding hydrogens is 248 g/mol. The van der Waals surface area contributed by atoms with Gasteiger partial charge in [0.05, 0.1) is 5.56 Å². The van der Waals surface area contributed by atoms with Crippen molar-refractivity contribution >= 4 is 5.82 Å². The van der Waals surface area contributed by atoms with Crippen molar-refractivity contribution in [2.45, 2.75) is 46.0 Å². The zero-order chi connectivity index (χ0) is 14.1. The van der Waals surface area contributed by atoms with Crippen molar-refractivity contribution in [2.75, 3.05) is 5.73 Å². The molecule has 1 aromatic carbocycles. The Kier molecular flexibility index (Phi) is 3.51. The molecule has 1 aliphatic carbocycles. The fraction of sp³-hybridized carbons (Fsp3) is 0.471. The molecule has 0 aliphatic heterocycles.